The third kappa shape index (κ3) is 4.57. The zero-order chi connectivity index (χ0) is 13.8. The molecule has 0 saturated heterocycles. The quantitative estimate of drug-likeness (QED) is 0.840. The van der Waals surface area contributed by atoms with Crippen LogP contribution in [0.2, 0.25) is 0 Å². The Labute approximate surface area is 105 Å². The fraction of sp³-hybridized carbons (Fsp3) is 0.583. The Kier molecular flexibility index (Phi) is 4.47. The lowest BCUT2D eigenvalue weighted by Crippen LogP contribution is -2.12. The van der Waals surface area contributed by atoms with E-state index >= 15 is 0 Å². The summed E-state index contributed by atoms with van der Waals surface area (Å²) in [6, 6.07) is 1.68. The van der Waals surface area contributed by atoms with Gasteiger partial charge in [-0.05, 0) is 6.42 Å². The zero-order valence-corrected chi connectivity index (χ0v) is 10.8. The lowest BCUT2D eigenvalue weighted by molar-refractivity contribution is -0.137. The van der Waals surface area contributed by atoms with Crippen LogP contribution < -0.4 is 5.32 Å². The Morgan fingerprint density at radius 1 is 1.39 bits per heavy atom. The monoisotopic (exact) mass is 254 g/mol. The van der Waals surface area contributed by atoms with Gasteiger partial charge in [0.15, 0.2) is 5.82 Å². The van der Waals surface area contributed by atoms with Gasteiger partial charge in [0, 0.05) is 24.3 Å². The normalized spacial score (nSPS) is 11.3. The molecular formula is C12H18N2O4. The number of carboxylic acids is 1. The molecule has 2 N–H and O–H groups in total. The number of aromatic nitrogens is 1. The molecule has 0 aliphatic rings. The number of carboxylic acid groups (broad SMARTS) is 1. The highest BCUT2D eigenvalue weighted by Gasteiger charge is 2.20. The molecule has 1 amide bonds. The maximum atomic E-state index is 11.5. The van der Waals surface area contributed by atoms with E-state index in [1.165, 1.54) is 0 Å². The Morgan fingerprint density at radius 3 is 2.56 bits per heavy atom. The summed E-state index contributed by atoms with van der Waals surface area (Å²) >= 11 is 0. The molecule has 0 aromatic carbocycles. The molecular weight excluding hydrogens is 236 g/mol. The van der Waals surface area contributed by atoms with Crippen molar-refractivity contribution in [1.82, 2.24) is 5.16 Å². The molecule has 18 heavy (non-hydrogen) atoms. The third-order valence-corrected chi connectivity index (χ3v) is 2.31. The van der Waals surface area contributed by atoms with Crippen molar-refractivity contribution in [3.8, 4) is 0 Å². The maximum Gasteiger partial charge on any atom is 0.303 e. The standard InChI is InChI=1S/C12H18N2O4/c1-12(2,3)8-7-9(14-18-8)13-10(15)5-4-6-11(16)17/h7H,4-6H2,1-3H3,(H,16,17)(H,13,14,15). The predicted molar refractivity (Wildman–Crippen MR) is 65.3 cm³/mol. The predicted octanol–water partition coefficient (Wildman–Crippen LogP) is 2.17. The SMILES string of the molecule is CC(C)(C)c1cc(NC(=O)CCCC(=O)O)no1. The van der Waals surface area contributed by atoms with E-state index < -0.39 is 5.97 Å². The van der Waals surface area contributed by atoms with Crippen molar-refractivity contribution in [3.05, 3.63) is 11.8 Å². The number of aliphatic carboxylic acids is 1. The minimum Gasteiger partial charge on any atom is -0.481 e. The molecule has 1 aromatic rings. The summed E-state index contributed by atoms with van der Waals surface area (Å²) in [6.45, 7) is 5.93. The van der Waals surface area contributed by atoms with E-state index in [1.807, 2.05) is 20.8 Å². The van der Waals surface area contributed by atoms with Crippen LogP contribution in [0.15, 0.2) is 10.6 Å². The van der Waals surface area contributed by atoms with Crippen molar-refractivity contribution in [2.45, 2.75) is 45.4 Å². The van der Waals surface area contributed by atoms with Gasteiger partial charge in [-0.3, -0.25) is 9.59 Å². The van der Waals surface area contributed by atoms with Gasteiger partial charge in [-0.1, -0.05) is 25.9 Å². The van der Waals surface area contributed by atoms with Crippen molar-refractivity contribution in [2.24, 2.45) is 0 Å². The number of hydrogen-bond donors (Lipinski definition) is 2. The van der Waals surface area contributed by atoms with Crippen molar-refractivity contribution < 1.29 is 19.2 Å². The van der Waals surface area contributed by atoms with Crippen LogP contribution in [0.1, 0.15) is 45.8 Å². The van der Waals surface area contributed by atoms with Crippen molar-refractivity contribution in [3.63, 3.8) is 0 Å². The second-order valence-electron chi connectivity index (χ2n) is 5.12. The van der Waals surface area contributed by atoms with Gasteiger partial charge >= 0.3 is 5.97 Å². The number of carbonyl (C=O) groups excluding carboxylic acids is 1. The van der Waals surface area contributed by atoms with Crippen LogP contribution in [0.3, 0.4) is 0 Å². The fourth-order valence-corrected chi connectivity index (χ4v) is 1.29. The number of rotatable bonds is 5. The summed E-state index contributed by atoms with van der Waals surface area (Å²) in [6.07, 6.45) is 0.453. The summed E-state index contributed by atoms with van der Waals surface area (Å²) in [7, 11) is 0. The van der Waals surface area contributed by atoms with Crippen LogP contribution in [-0.4, -0.2) is 22.1 Å². The van der Waals surface area contributed by atoms with Gasteiger partial charge in [0.05, 0.1) is 0 Å². The van der Waals surface area contributed by atoms with Gasteiger partial charge in [0.1, 0.15) is 5.76 Å². The van der Waals surface area contributed by atoms with Gasteiger partial charge in [-0.25, -0.2) is 0 Å². The molecule has 6 nitrogen and oxygen atoms in total. The molecule has 0 fully saturated rings. The smallest absolute Gasteiger partial charge is 0.303 e. The number of amides is 1. The number of nitrogens with zero attached hydrogens (tertiary/aromatic N) is 1. The lowest BCUT2D eigenvalue weighted by Gasteiger charge is -2.11. The van der Waals surface area contributed by atoms with E-state index in [1.54, 1.807) is 6.07 Å². The molecule has 0 atom stereocenters. The molecule has 0 aliphatic carbocycles. The van der Waals surface area contributed by atoms with Crippen LogP contribution in [-0.2, 0) is 15.0 Å². The highest BCUT2D eigenvalue weighted by molar-refractivity contribution is 5.89. The minimum absolute atomic E-state index is 0.0144. The van der Waals surface area contributed by atoms with Crippen LogP contribution in [0.4, 0.5) is 5.82 Å². The summed E-state index contributed by atoms with van der Waals surface area (Å²) in [5.41, 5.74) is -0.167. The van der Waals surface area contributed by atoms with Gasteiger partial charge in [-0.2, -0.15) is 0 Å². The molecule has 0 radical (unpaired) electrons. The topological polar surface area (TPSA) is 92.4 Å². The average molecular weight is 254 g/mol. The first-order valence-electron chi connectivity index (χ1n) is 5.78. The molecule has 0 aliphatic heterocycles. The number of carbonyl (C=O) groups is 2. The summed E-state index contributed by atoms with van der Waals surface area (Å²) in [5.74, 6) is -0.118. The largest absolute Gasteiger partial charge is 0.481 e. The van der Waals surface area contributed by atoms with E-state index in [9.17, 15) is 9.59 Å². The summed E-state index contributed by atoms with van der Waals surface area (Å²) < 4.78 is 5.11. The van der Waals surface area contributed by atoms with Crippen LogP contribution in [0.25, 0.3) is 0 Å². The van der Waals surface area contributed by atoms with Crippen molar-refractivity contribution in [2.75, 3.05) is 5.32 Å². The highest BCUT2D eigenvalue weighted by Crippen LogP contribution is 2.24. The van der Waals surface area contributed by atoms with Gasteiger partial charge in [0.25, 0.3) is 0 Å². The van der Waals surface area contributed by atoms with Crippen LogP contribution >= 0.6 is 0 Å². The van der Waals surface area contributed by atoms with Gasteiger partial charge in [-0.15, -0.1) is 0 Å². The first-order valence-corrected chi connectivity index (χ1v) is 5.78. The Morgan fingerprint density at radius 2 is 2.06 bits per heavy atom. The molecule has 1 heterocycles. The third-order valence-electron chi connectivity index (χ3n) is 2.31. The average Bonchev–Trinajstić information content (AvgIpc) is 2.64. The van der Waals surface area contributed by atoms with Crippen LogP contribution in [0, 0.1) is 0 Å². The highest BCUT2D eigenvalue weighted by atomic mass is 16.5. The van der Waals surface area contributed by atoms with E-state index in [0.29, 0.717) is 18.0 Å². The Bertz CT molecular complexity index is 432. The van der Waals surface area contributed by atoms with Gasteiger partial charge in [0.2, 0.25) is 5.91 Å². The number of anilines is 1. The van der Waals surface area contributed by atoms with E-state index in [0.717, 1.165) is 0 Å². The molecule has 0 unspecified atom stereocenters. The van der Waals surface area contributed by atoms with Crippen LogP contribution in [0.5, 0.6) is 0 Å². The Hall–Kier alpha value is -1.85. The van der Waals surface area contributed by atoms with E-state index in [4.69, 9.17) is 9.63 Å². The second-order valence-corrected chi connectivity index (χ2v) is 5.12. The van der Waals surface area contributed by atoms with Gasteiger partial charge < -0.3 is 14.9 Å². The summed E-state index contributed by atoms with van der Waals surface area (Å²) in [5, 5.41) is 14.8. The van der Waals surface area contributed by atoms with Crippen molar-refractivity contribution >= 4 is 17.7 Å². The lowest BCUT2D eigenvalue weighted by atomic mass is 9.93. The summed E-state index contributed by atoms with van der Waals surface area (Å²) in [4.78, 5) is 21.8. The Balaban J connectivity index is 2.45. The first-order chi connectivity index (χ1) is 8.29. The zero-order valence-electron chi connectivity index (χ0n) is 10.8. The molecule has 1 aromatic heterocycles. The van der Waals surface area contributed by atoms with E-state index in [2.05, 4.69) is 10.5 Å². The molecule has 100 valence electrons. The minimum atomic E-state index is -0.903. The molecule has 0 bridgehead atoms. The number of hydrogen-bond acceptors (Lipinski definition) is 4. The van der Waals surface area contributed by atoms with E-state index in [-0.39, 0.29) is 24.2 Å². The second kappa shape index (κ2) is 5.66. The molecule has 0 spiro atoms. The van der Waals surface area contributed by atoms with Crippen molar-refractivity contribution in [1.29, 1.82) is 0 Å². The fourth-order valence-electron chi connectivity index (χ4n) is 1.29. The number of nitrogens with one attached hydrogen (secondary N) is 1. The molecule has 1 rings (SSSR count). The molecule has 6 heteroatoms. The first kappa shape index (κ1) is 14.2. The maximum absolute atomic E-state index is 11.5. The molecule has 0 saturated carbocycles.